The fourth-order valence-corrected chi connectivity index (χ4v) is 2.36. The largest absolute Gasteiger partial charge is 0.311 e. The molecule has 0 saturated carbocycles. The third kappa shape index (κ3) is 2.50. The monoisotopic (exact) mass is 221 g/mol. The molecule has 2 rings (SSSR count). The van der Waals surface area contributed by atoms with Gasteiger partial charge >= 0.3 is 0 Å². The SMILES string of the molecule is CCN1CCC(c2cc(=O)[nH]c(C)n2)CC1. The number of aromatic nitrogens is 2. The summed E-state index contributed by atoms with van der Waals surface area (Å²) in [6.07, 6.45) is 2.23. The number of nitrogens with one attached hydrogen (secondary N) is 1. The molecule has 2 heterocycles. The van der Waals surface area contributed by atoms with Crippen LogP contribution in [0.4, 0.5) is 0 Å². The molecule has 0 atom stereocenters. The van der Waals surface area contributed by atoms with E-state index < -0.39 is 0 Å². The lowest BCUT2D eigenvalue weighted by Crippen LogP contribution is -2.33. The number of piperidine rings is 1. The molecular formula is C12H19N3O. The maximum atomic E-state index is 11.4. The van der Waals surface area contributed by atoms with Gasteiger partial charge in [-0.1, -0.05) is 6.92 Å². The Kier molecular flexibility index (Phi) is 3.39. The van der Waals surface area contributed by atoms with Crippen molar-refractivity contribution < 1.29 is 0 Å². The van der Waals surface area contributed by atoms with E-state index in [2.05, 4.69) is 21.8 Å². The first-order valence-electron chi connectivity index (χ1n) is 5.99. The predicted octanol–water partition coefficient (Wildman–Crippen LogP) is 1.28. The van der Waals surface area contributed by atoms with Gasteiger partial charge in [0.1, 0.15) is 5.82 Å². The summed E-state index contributed by atoms with van der Waals surface area (Å²) in [5.41, 5.74) is 0.942. The molecule has 1 fully saturated rings. The number of rotatable bonds is 2. The van der Waals surface area contributed by atoms with Gasteiger partial charge in [0.15, 0.2) is 0 Å². The quantitative estimate of drug-likeness (QED) is 0.818. The van der Waals surface area contributed by atoms with E-state index in [1.54, 1.807) is 6.07 Å². The van der Waals surface area contributed by atoms with Gasteiger partial charge in [0.25, 0.3) is 5.56 Å². The van der Waals surface area contributed by atoms with Crippen LogP contribution in [0.25, 0.3) is 0 Å². The number of H-pyrrole nitrogens is 1. The van der Waals surface area contributed by atoms with Crippen molar-refractivity contribution in [1.29, 1.82) is 0 Å². The third-order valence-corrected chi connectivity index (χ3v) is 3.33. The Labute approximate surface area is 95.7 Å². The Hall–Kier alpha value is -1.16. The molecule has 4 heteroatoms. The van der Waals surface area contributed by atoms with Crippen LogP contribution >= 0.6 is 0 Å². The summed E-state index contributed by atoms with van der Waals surface area (Å²) in [4.78, 5) is 20.9. The fourth-order valence-electron chi connectivity index (χ4n) is 2.36. The van der Waals surface area contributed by atoms with Gasteiger partial charge in [0.2, 0.25) is 0 Å². The van der Waals surface area contributed by atoms with Crippen molar-refractivity contribution in [2.24, 2.45) is 0 Å². The molecule has 88 valence electrons. The molecule has 0 spiro atoms. The van der Waals surface area contributed by atoms with Crippen LogP contribution in [0.5, 0.6) is 0 Å². The molecule has 0 aromatic carbocycles. The normalized spacial score (nSPS) is 18.9. The van der Waals surface area contributed by atoms with Gasteiger partial charge in [-0.3, -0.25) is 4.79 Å². The molecule has 1 N–H and O–H groups in total. The lowest BCUT2D eigenvalue weighted by atomic mass is 9.93. The predicted molar refractivity (Wildman–Crippen MR) is 63.7 cm³/mol. The van der Waals surface area contributed by atoms with E-state index in [0.717, 1.165) is 44.0 Å². The summed E-state index contributed by atoms with van der Waals surface area (Å²) in [6.45, 7) is 7.39. The van der Waals surface area contributed by atoms with E-state index >= 15 is 0 Å². The Balaban J connectivity index is 2.11. The molecule has 0 aliphatic carbocycles. The van der Waals surface area contributed by atoms with Crippen LogP contribution in [0, 0.1) is 6.92 Å². The van der Waals surface area contributed by atoms with Crippen molar-refractivity contribution >= 4 is 0 Å². The van der Waals surface area contributed by atoms with Crippen molar-refractivity contribution in [2.45, 2.75) is 32.6 Å². The number of hydrogen-bond acceptors (Lipinski definition) is 3. The first-order valence-corrected chi connectivity index (χ1v) is 5.99. The van der Waals surface area contributed by atoms with E-state index in [0.29, 0.717) is 5.92 Å². The Morgan fingerprint density at radius 1 is 1.50 bits per heavy atom. The van der Waals surface area contributed by atoms with E-state index in [1.165, 1.54) is 0 Å². The minimum absolute atomic E-state index is 0.0274. The molecule has 0 unspecified atom stereocenters. The van der Waals surface area contributed by atoms with Crippen molar-refractivity contribution in [3.8, 4) is 0 Å². The zero-order chi connectivity index (χ0) is 11.5. The molecule has 16 heavy (non-hydrogen) atoms. The summed E-state index contributed by atoms with van der Waals surface area (Å²) in [6, 6.07) is 1.65. The summed E-state index contributed by atoms with van der Waals surface area (Å²) < 4.78 is 0. The van der Waals surface area contributed by atoms with E-state index in [1.807, 2.05) is 6.92 Å². The van der Waals surface area contributed by atoms with Gasteiger partial charge in [0, 0.05) is 12.0 Å². The van der Waals surface area contributed by atoms with Crippen LogP contribution in [0.15, 0.2) is 10.9 Å². The number of hydrogen-bond donors (Lipinski definition) is 1. The molecule has 4 nitrogen and oxygen atoms in total. The van der Waals surface area contributed by atoms with Gasteiger partial charge in [-0.15, -0.1) is 0 Å². The summed E-state index contributed by atoms with van der Waals surface area (Å²) in [5.74, 6) is 1.18. The van der Waals surface area contributed by atoms with Crippen LogP contribution in [0.1, 0.15) is 37.2 Å². The lowest BCUT2D eigenvalue weighted by molar-refractivity contribution is 0.220. The number of nitrogens with zero attached hydrogens (tertiary/aromatic N) is 2. The lowest BCUT2D eigenvalue weighted by Gasteiger charge is -2.30. The van der Waals surface area contributed by atoms with Crippen LogP contribution in [0.2, 0.25) is 0 Å². The molecule has 1 aliphatic rings. The number of likely N-dealkylation sites (tertiary alicyclic amines) is 1. The molecule has 1 aliphatic heterocycles. The standard InChI is InChI=1S/C12H19N3O/c1-3-15-6-4-10(5-7-15)11-8-12(16)14-9(2)13-11/h8,10H,3-7H2,1-2H3,(H,13,14,16). The molecule has 0 bridgehead atoms. The van der Waals surface area contributed by atoms with Crippen molar-refractivity contribution in [3.63, 3.8) is 0 Å². The highest BCUT2D eigenvalue weighted by Gasteiger charge is 2.20. The van der Waals surface area contributed by atoms with Crippen LogP contribution in [-0.2, 0) is 0 Å². The molecule has 1 aromatic heterocycles. The maximum Gasteiger partial charge on any atom is 0.251 e. The summed E-state index contributed by atoms with van der Waals surface area (Å²) in [5, 5.41) is 0. The Morgan fingerprint density at radius 2 is 2.19 bits per heavy atom. The van der Waals surface area contributed by atoms with Gasteiger partial charge in [-0.2, -0.15) is 0 Å². The third-order valence-electron chi connectivity index (χ3n) is 3.33. The average Bonchev–Trinajstić information content (AvgIpc) is 2.28. The smallest absolute Gasteiger partial charge is 0.251 e. The first kappa shape index (κ1) is 11.3. The van der Waals surface area contributed by atoms with Gasteiger partial charge in [-0.05, 0) is 39.4 Å². The molecule has 0 amide bonds. The summed E-state index contributed by atoms with van der Waals surface area (Å²) >= 11 is 0. The van der Waals surface area contributed by atoms with Crippen molar-refractivity contribution in [2.75, 3.05) is 19.6 Å². The minimum atomic E-state index is -0.0274. The first-order chi connectivity index (χ1) is 7.69. The highest BCUT2D eigenvalue weighted by Crippen LogP contribution is 2.25. The minimum Gasteiger partial charge on any atom is -0.311 e. The van der Waals surface area contributed by atoms with E-state index in [4.69, 9.17) is 0 Å². The zero-order valence-electron chi connectivity index (χ0n) is 9.99. The maximum absolute atomic E-state index is 11.4. The van der Waals surface area contributed by atoms with Gasteiger partial charge in [-0.25, -0.2) is 4.98 Å². The zero-order valence-corrected chi connectivity index (χ0v) is 9.99. The number of aromatic amines is 1. The molecular weight excluding hydrogens is 202 g/mol. The molecule has 1 saturated heterocycles. The van der Waals surface area contributed by atoms with Crippen LogP contribution < -0.4 is 5.56 Å². The van der Waals surface area contributed by atoms with E-state index in [-0.39, 0.29) is 5.56 Å². The Morgan fingerprint density at radius 3 is 2.75 bits per heavy atom. The highest BCUT2D eigenvalue weighted by atomic mass is 16.1. The molecule has 1 aromatic rings. The van der Waals surface area contributed by atoms with Crippen molar-refractivity contribution in [1.82, 2.24) is 14.9 Å². The van der Waals surface area contributed by atoms with E-state index in [9.17, 15) is 4.79 Å². The van der Waals surface area contributed by atoms with Crippen LogP contribution in [0.3, 0.4) is 0 Å². The van der Waals surface area contributed by atoms with Gasteiger partial charge < -0.3 is 9.88 Å². The van der Waals surface area contributed by atoms with Crippen molar-refractivity contribution in [3.05, 3.63) is 27.9 Å². The Bertz CT molecular complexity index is 405. The van der Waals surface area contributed by atoms with Crippen LogP contribution in [-0.4, -0.2) is 34.5 Å². The number of aryl methyl sites for hydroxylation is 1. The molecule has 0 radical (unpaired) electrons. The average molecular weight is 221 g/mol. The second-order valence-electron chi connectivity index (χ2n) is 4.46. The fraction of sp³-hybridized carbons (Fsp3) is 0.667. The van der Waals surface area contributed by atoms with Gasteiger partial charge in [0.05, 0.1) is 5.69 Å². The highest BCUT2D eigenvalue weighted by molar-refractivity contribution is 5.09. The second-order valence-corrected chi connectivity index (χ2v) is 4.46. The second kappa shape index (κ2) is 4.78. The topological polar surface area (TPSA) is 49.0 Å². The summed E-state index contributed by atoms with van der Waals surface area (Å²) in [7, 11) is 0.